The molecule has 0 aliphatic carbocycles. The van der Waals surface area contributed by atoms with Crippen LogP contribution in [0.1, 0.15) is 19.0 Å². The minimum atomic E-state index is -0.478. The smallest absolute Gasteiger partial charge is 0.327 e. The van der Waals surface area contributed by atoms with Gasteiger partial charge < -0.3 is 14.5 Å². The number of aliphatic hydroxyl groups excluding tert-OH is 1. The van der Waals surface area contributed by atoms with E-state index in [4.69, 9.17) is 5.90 Å². The molecule has 1 rings (SSSR count). The van der Waals surface area contributed by atoms with E-state index in [1.54, 1.807) is 12.5 Å². The molecule has 0 saturated heterocycles. The van der Waals surface area contributed by atoms with Crippen LogP contribution < -0.4 is 5.90 Å². The first-order valence-corrected chi connectivity index (χ1v) is 5.60. The zero-order valence-electron chi connectivity index (χ0n) is 10.2. The molecule has 0 fully saturated rings. The lowest BCUT2D eigenvalue weighted by atomic mass is 9.87. The fourth-order valence-corrected chi connectivity index (χ4v) is 1.96. The molecule has 0 aliphatic rings. The average molecular weight is 241 g/mol. The topological polar surface area (TPSA) is 90.4 Å². The summed E-state index contributed by atoms with van der Waals surface area (Å²) >= 11 is 0. The number of nitrogens with two attached hydrogens (primary N) is 1. The van der Waals surface area contributed by atoms with Crippen LogP contribution >= 0.6 is 0 Å². The molecule has 0 saturated carbocycles. The van der Waals surface area contributed by atoms with Gasteiger partial charge in [0.05, 0.1) is 12.2 Å². The number of imidazole rings is 1. The van der Waals surface area contributed by atoms with Crippen LogP contribution in [0, 0.1) is 11.8 Å². The first-order chi connectivity index (χ1) is 8.13. The fraction of sp³-hybridized carbons (Fsp3) is 0.636. The van der Waals surface area contributed by atoms with E-state index in [9.17, 15) is 9.90 Å². The normalized spacial score (nSPS) is 14.4. The number of carbonyl (C=O) groups is 1. The van der Waals surface area contributed by atoms with Crippen LogP contribution in [0.2, 0.25) is 0 Å². The summed E-state index contributed by atoms with van der Waals surface area (Å²) in [5, 5.41) is 9.38. The molecular weight excluding hydrogens is 222 g/mol. The number of rotatable bonds is 6. The van der Waals surface area contributed by atoms with E-state index >= 15 is 0 Å². The van der Waals surface area contributed by atoms with E-state index in [2.05, 4.69) is 9.82 Å². The van der Waals surface area contributed by atoms with Crippen LogP contribution in [0.25, 0.3) is 0 Å². The van der Waals surface area contributed by atoms with Gasteiger partial charge in [0.25, 0.3) is 0 Å². The highest BCUT2D eigenvalue weighted by molar-refractivity contribution is 5.72. The Kier molecular flexibility index (Phi) is 5.11. The largest absolute Gasteiger partial charge is 0.396 e. The Morgan fingerprint density at radius 2 is 2.41 bits per heavy atom. The molecule has 17 heavy (non-hydrogen) atoms. The summed E-state index contributed by atoms with van der Waals surface area (Å²) in [7, 11) is 1.87. The van der Waals surface area contributed by atoms with Crippen LogP contribution in [0.4, 0.5) is 0 Å². The third-order valence-corrected chi connectivity index (χ3v) is 3.05. The van der Waals surface area contributed by atoms with Crippen molar-refractivity contribution in [2.75, 3.05) is 6.61 Å². The Hall–Kier alpha value is -1.40. The van der Waals surface area contributed by atoms with Gasteiger partial charge >= 0.3 is 5.97 Å². The Morgan fingerprint density at radius 3 is 2.82 bits per heavy atom. The van der Waals surface area contributed by atoms with E-state index in [-0.39, 0.29) is 18.4 Å². The van der Waals surface area contributed by atoms with Gasteiger partial charge in [-0.1, -0.05) is 6.92 Å². The molecule has 0 aromatic carbocycles. The van der Waals surface area contributed by atoms with E-state index in [1.807, 2.05) is 18.5 Å². The van der Waals surface area contributed by atoms with Gasteiger partial charge in [0.15, 0.2) is 0 Å². The zero-order valence-corrected chi connectivity index (χ0v) is 10.2. The summed E-state index contributed by atoms with van der Waals surface area (Å²) < 4.78 is 1.86. The monoisotopic (exact) mass is 241 g/mol. The van der Waals surface area contributed by atoms with E-state index in [0.717, 1.165) is 5.69 Å². The number of nitrogens with zero attached hydrogens (tertiary/aromatic N) is 2. The Labute approximate surface area is 100 Å². The molecule has 0 bridgehead atoms. The predicted molar refractivity (Wildman–Crippen MR) is 61.5 cm³/mol. The van der Waals surface area contributed by atoms with Gasteiger partial charge in [-0.3, -0.25) is 4.79 Å². The highest BCUT2D eigenvalue weighted by Crippen LogP contribution is 2.21. The third-order valence-electron chi connectivity index (χ3n) is 3.05. The standard InChI is InChI=1S/C11H19N3O3/c1-3-10(11(16)17-12)8(6-15)4-9-5-13-7-14(9)2/h5,7-8,10,15H,3-4,6,12H2,1-2H3/t8-,10?/m0/s1. The van der Waals surface area contributed by atoms with Crippen molar-refractivity contribution in [2.24, 2.45) is 24.8 Å². The Morgan fingerprint density at radius 1 is 1.71 bits per heavy atom. The van der Waals surface area contributed by atoms with Crippen LogP contribution in [-0.2, 0) is 23.1 Å². The maximum Gasteiger partial charge on any atom is 0.327 e. The van der Waals surface area contributed by atoms with E-state index in [0.29, 0.717) is 12.8 Å². The van der Waals surface area contributed by atoms with E-state index < -0.39 is 5.97 Å². The molecule has 0 aliphatic heterocycles. The molecule has 1 aromatic rings. The second kappa shape index (κ2) is 6.36. The number of aromatic nitrogens is 2. The first kappa shape index (κ1) is 13.7. The van der Waals surface area contributed by atoms with Gasteiger partial charge in [0.1, 0.15) is 0 Å². The Bertz CT molecular complexity index is 365. The maximum atomic E-state index is 11.5. The van der Waals surface area contributed by atoms with Crippen molar-refractivity contribution in [3.05, 3.63) is 18.2 Å². The quantitative estimate of drug-likeness (QED) is 0.685. The molecule has 1 heterocycles. The van der Waals surface area contributed by atoms with Gasteiger partial charge in [-0.05, 0) is 12.8 Å². The number of aliphatic hydroxyl groups is 1. The maximum absolute atomic E-state index is 11.5. The molecule has 2 atom stereocenters. The van der Waals surface area contributed by atoms with Crippen LogP contribution in [0.5, 0.6) is 0 Å². The van der Waals surface area contributed by atoms with Crippen molar-refractivity contribution >= 4 is 5.97 Å². The molecule has 0 amide bonds. The third kappa shape index (κ3) is 3.28. The highest BCUT2D eigenvalue weighted by Gasteiger charge is 2.28. The molecule has 0 radical (unpaired) electrons. The SMILES string of the molecule is CCC(C(=O)ON)[C@H](CO)Cc1cncn1C. The first-order valence-electron chi connectivity index (χ1n) is 5.60. The molecule has 1 aromatic heterocycles. The van der Waals surface area contributed by atoms with Gasteiger partial charge in [0.2, 0.25) is 0 Å². The lowest BCUT2D eigenvalue weighted by molar-refractivity contribution is -0.152. The molecular formula is C11H19N3O3. The summed E-state index contributed by atoms with van der Waals surface area (Å²) in [6.07, 6.45) is 4.56. The van der Waals surface area contributed by atoms with Gasteiger partial charge in [0, 0.05) is 31.5 Å². The van der Waals surface area contributed by atoms with Crippen molar-refractivity contribution in [3.63, 3.8) is 0 Å². The van der Waals surface area contributed by atoms with Gasteiger partial charge in [-0.2, -0.15) is 5.90 Å². The summed E-state index contributed by atoms with van der Waals surface area (Å²) in [6, 6.07) is 0. The molecule has 6 nitrogen and oxygen atoms in total. The van der Waals surface area contributed by atoms with Gasteiger partial charge in [-0.25, -0.2) is 4.98 Å². The lowest BCUT2D eigenvalue weighted by Crippen LogP contribution is -2.31. The second-order valence-corrected chi connectivity index (χ2v) is 4.09. The van der Waals surface area contributed by atoms with Crippen LogP contribution in [-0.4, -0.2) is 27.2 Å². The van der Waals surface area contributed by atoms with Crippen molar-refractivity contribution in [2.45, 2.75) is 19.8 Å². The van der Waals surface area contributed by atoms with Gasteiger partial charge in [-0.15, -0.1) is 0 Å². The number of hydrogen-bond acceptors (Lipinski definition) is 5. The fourth-order valence-electron chi connectivity index (χ4n) is 1.96. The van der Waals surface area contributed by atoms with Crippen molar-refractivity contribution in [1.82, 2.24) is 9.55 Å². The summed E-state index contributed by atoms with van der Waals surface area (Å²) in [5.74, 6) is 3.83. The second-order valence-electron chi connectivity index (χ2n) is 4.09. The molecule has 6 heteroatoms. The minimum absolute atomic E-state index is 0.0845. The van der Waals surface area contributed by atoms with Crippen LogP contribution in [0.3, 0.4) is 0 Å². The molecule has 1 unspecified atom stereocenters. The highest BCUT2D eigenvalue weighted by atomic mass is 16.7. The molecule has 0 spiro atoms. The van der Waals surface area contributed by atoms with E-state index in [1.165, 1.54) is 0 Å². The number of carbonyl (C=O) groups excluding carboxylic acids is 1. The van der Waals surface area contributed by atoms with Crippen LogP contribution in [0.15, 0.2) is 12.5 Å². The predicted octanol–water partition coefficient (Wildman–Crippen LogP) is 0.0142. The summed E-state index contributed by atoms with van der Waals surface area (Å²) in [5.41, 5.74) is 0.965. The zero-order chi connectivity index (χ0) is 12.8. The van der Waals surface area contributed by atoms with Crippen molar-refractivity contribution in [1.29, 1.82) is 0 Å². The average Bonchev–Trinajstić information content (AvgIpc) is 2.74. The number of aryl methyl sites for hydroxylation is 1. The summed E-state index contributed by atoms with van der Waals surface area (Å²) in [6.45, 7) is 1.78. The van der Waals surface area contributed by atoms with Crippen molar-refractivity contribution in [3.8, 4) is 0 Å². The summed E-state index contributed by atoms with van der Waals surface area (Å²) in [4.78, 5) is 19.7. The number of hydrogen-bond donors (Lipinski definition) is 2. The minimum Gasteiger partial charge on any atom is -0.396 e. The Balaban J connectivity index is 2.76. The lowest BCUT2D eigenvalue weighted by Gasteiger charge is -2.21. The molecule has 3 N–H and O–H groups in total. The van der Waals surface area contributed by atoms with Crippen molar-refractivity contribution < 1.29 is 14.7 Å². The molecule has 96 valence electrons.